The Hall–Kier alpha value is -2.74. The van der Waals surface area contributed by atoms with Gasteiger partial charge in [-0.05, 0) is 35.4 Å². The lowest BCUT2D eigenvalue weighted by Gasteiger charge is -2.24. The van der Waals surface area contributed by atoms with E-state index in [2.05, 4.69) is 0 Å². The minimum Gasteiger partial charge on any atom is -0.504 e. The van der Waals surface area contributed by atoms with Crippen LogP contribution in [-0.2, 0) is 4.74 Å². The number of phenols is 1. The molecule has 3 N–H and O–H groups in total. The second-order valence-electron chi connectivity index (χ2n) is 5.98. The Morgan fingerprint density at radius 3 is 2.36 bits per heavy atom. The van der Waals surface area contributed by atoms with E-state index in [0.29, 0.717) is 23.7 Å². The van der Waals surface area contributed by atoms with Gasteiger partial charge >= 0.3 is 0 Å². The number of hydrogen-bond donors (Lipinski definition) is 3. The van der Waals surface area contributed by atoms with Crippen LogP contribution in [0.5, 0.6) is 23.0 Å². The zero-order chi connectivity index (χ0) is 20.5. The van der Waals surface area contributed by atoms with Crippen LogP contribution in [0, 0.1) is 0 Å². The third kappa shape index (κ3) is 5.39. The number of rotatable bonds is 10. The van der Waals surface area contributed by atoms with Gasteiger partial charge in [-0.3, -0.25) is 0 Å². The van der Waals surface area contributed by atoms with Gasteiger partial charge in [0.1, 0.15) is 6.10 Å². The molecule has 2 aromatic rings. The highest BCUT2D eigenvalue weighted by Crippen LogP contribution is 2.34. The molecule has 7 heteroatoms. The van der Waals surface area contributed by atoms with E-state index in [0.717, 1.165) is 5.56 Å². The van der Waals surface area contributed by atoms with Gasteiger partial charge in [-0.25, -0.2) is 0 Å². The van der Waals surface area contributed by atoms with Crippen molar-refractivity contribution in [2.75, 3.05) is 34.5 Å². The monoisotopic (exact) mass is 390 g/mol. The lowest BCUT2D eigenvalue weighted by atomic mass is 10.0. The standard InChI is InChI=1S/C21H26O7/c1-25-10-4-5-14-6-9-17(19(11-14)27-3)28-20(13-22)21(24)15-7-8-16(23)18(12-15)26-2/h4-9,11-12,20-24H,10,13H2,1-3H3/b5-4+/t20-,21+/m0/s1. The molecule has 2 atom stereocenters. The maximum Gasteiger partial charge on any atom is 0.161 e. The van der Waals surface area contributed by atoms with Gasteiger partial charge in [0.25, 0.3) is 0 Å². The topological polar surface area (TPSA) is 97.6 Å². The van der Waals surface area contributed by atoms with Crippen molar-refractivity contribution < 1.29 is 34.3 Å². The van der Waals surface area contributed by atoms with Crippen LogP contribution >= 0.6 is 0 Å². The number of aliphatic hydroxyl groups is 2. The first-order valence-electron chi connectivity index (χ1n) is 8.70. The Labute approximate surface area is 164 Å². The molecule has 0 aromatic heterocycles. The van der Waals surface area contributed by atoms with E-state index in [4.69, 9.17) is 18.9 Å². The summed E-state index contributed by atoms with van der Waals surface area (Å²) in [4.78, 5) is 0. The average Bonchev–Trinajstić information content (AvgIpc) is 2.72. The summed E-state index contributed by atoms with van der Waals surface area (Å²) >= 11 is 0. The van der Waals surface area contributed by atoms with Gasteiger partial charge in [0.05, 0.1) is 27.4 Å². The molecule has 152 valence electrons. The van der Waals surface area contributed by atoms with Crippen LogP contribution in [0.1, 0.15) is 17.2 Å². The summed E-state index contributed by atoms with van der Waals surface area (Å²) in [6.07, 6.45) is 1.66. The van der Waals surface area contributed by atoms with Crippen LogP contribution in [0.15, 0.2) is 42.5 Å². The van der Waals surface area contributed by atoms with Gasteiger partial charge in [0, 0.05) is 7.11 Å². The first-order chi connectivity index (χ1) is 13.5. The van der Waals surface area contributed by atoms with Gasteiger partial charge in [0.2, 0.25) is 0 Å². The molecule has 0 fully saturated rings. The molecular formula is C21H26O7. The van der Waals surface area contributed by atoms with Crippen molar-refractivity contribution in [2.45, 2.75) is 12.2 Å². The van der Waals surface area contributed by atoms with Crippen molar-refractivity contribution in [1.29, 1.82) is 0 Å². The molecule has 0 amide bonds. The quantitative estimate of drug-likeness (QED) is 0.573. The maximum atomic E-state index is 10.6. The van der Waals surface area contributed by atoms with E-state index in [1.807, 2.05) is 18.2 Å². The largest absolute Gasteiger partial charge is 0.504 e. The van der Waals surface area contributed by atoms with E-state index in [9.17, 15) is 15.3 Å². The summed E-state index contributed by atoms with van der Waals surface area (Å²) < 4.78 is 21.2. The molecule has 0 radical (unpaired) electrons. The second-order valence-corrected chi connectivity index (χ2v) is 5.98. The Morgan fingerprint density at radius 1 is 0.964 bits per heavy atom. The molecule has 0 aliphatic heterocycles. The van der Waals surface area contributed by atoms with E-state index in [1.54, 1.807) is 19.2 Å². The van der Waals surface area contributed by atoms with Crippen molar-refractivity contribution in [3.05, 3.63) is 53.6 Å². The van der Waals surface area contributed by atoms with Crippen LogP contribution < -0.4 is 14.2 Å². The highest BCUT2D eigenvalue weighted by atomic mass is 16.5. The summed E-state index contributed by atoms with van der Waals surface area (Å²) in [5, 5.41) is 30.1. The molecule has 28 heavy (non-hydrogen) atoms. The summed E-state index contributed by atoms with van der Waals surface area (Å²) in [5.74, 6) is 1.03. The number of hydrogen-bond acceptors (Lipinski definition) is 7. The summed E-state index contributed by atoms with van der Waals surface area (Å²) in [6.45, 7) is 0.0679. The van der Waals surface area contributed by atoms with Crippen molar-refractivity contribution in [3.8, 4) is 23.0 Å². The molecule has 0 unspecified atom stereocenters. The van der Waals surface area contributed by atoms with E-state index in [-0.39, 0.29) is 11.5 Å². The predicted molar refractivity (Wildman–Crippen MR) is 105 cm³/mol. The number of aliphatic hydroxyl groups excluding tert-OH is 2. The Morgan fingerprint density at radius 2 is 1.71 bits per heavy atom. The number of ether oxygens (including phenoxy) is 4. The van der Waals surface area contributed by atoms with Crippen molar-refractivity contribution in [2.24, 2.45) is 0 Å². The molecule has 2 aromatic carbocycles. The van der Waals surface area contributed by atoms with Crippen molar-refractivity contribution in [3.63, 3.8) is 0 Å². The van der Waals surface area contributed by atoms with Crippen LogP contribution in [0.4, 0.5) is 0 Å². The molecule has 0 bridgehead atoms. The third-order valence-electron chi connectivity index (χ3n) is 4.12. The summed E-state index contributed by atoms with van der Waals surface area (Å²) in [5.41, 5.74) is 1.33. The van der Waals surface area contributed by atoms with Gasteiger partial charge in [-0.2, -0.15) is 0 Å². The fourth-order valence-electron chi connectivity index (χ4n) is 2.62. The molecule has 0 saturated heterocycles. The molecule has 7 nitrogen and oxygen atoms in total. The minimum absolute atomic E-state index is 0.0429. The molecule has 0 saturated carbocycles. The van der Waals surface area contributed by atoms with Gasteiger partial charge < -0.3 is 34.3 Å². The molecule has 0 heterocycles. The lowest BCUT2D eigenvalue weighted by molar-refractivity contribution is -0.000515. The fourth-order valence-corrected chi connectivity index (χ4v) is 2.62. The maximum absolute atomic E-state index is 10.6. The van der Waals surface area contributed by atoms with Crippen LogP contribution in [0.25, 0.3) is 6.08 Å². The number of benzene rings is 2. The van der Waals surface area contributed by atoms with E-state index < -0.39 is 18.8 Å². The zero-order valence-electron chi connectivity index (χ0n) is 16.2. The lowest BCUT2D eigenvalue weighted by Crippen LogP contribution is -2.29. The second kappa shape index (κ2) is 10.6. The third-order valence-corrected chi connectivity index (χ3v) is 4.12. The normalized spacial score (nSPS) is 13.3. The number of aromatic hydroxyl groups is 1. The Bertz CT molecular complexity index is 788. The average molecular weight is 390 g/mol. The molecule has 0 spiro atoms. The first-order valence-corrected chi connectivity index (χ1v) is 8.70. The van der Waals surface area contributed by atoms with E-state index in [1.165, 1.54) is 32.4 Å². The molecular weight excluding hydrogens is 364 g/mol. The number of phenolic OH excluding ortho intramolecular Hbond substituents is 1. The van der Waals surface area contributed by atoms with Crippen LogP contribution in [0.2, 0.25) is 0 Å². The Kier molecular flexibility index (Phi) is 8.13. The molecule has 0 aliphatic carbocycles. The highest BCUT2D eigenvalue weighted by Gasteiger charge is 2.24. The molecule has 2 rings (SSSR count). The van der Waals surface area contributed by atoms with Crippen molar-refractivity contribution in [1.82, 2.24) is 0 Å². The fraction of sp³-hybridized carbons (Fsp3) is 0.333. The smallest absolute Gasteiger partial charge is 0.161 e. The predicted octanol–water partition coefficient (Wildman–Crippen LogP) is 2.54. The van der Waals surface area contributed by atoms with Gasteiger partial charge in [0.15, 0.2) is 29.1 Å². The van der Waals surface area contributed by atoms with Crippen LogP contribution in [0.3, 0.4) is 0 Å². The first kappa shape index (κ1) is 21.6. The highest BCUT2D eigenvalue weighted by molar-refractivity contribution is 5.56. The SMILES string of the molecule is COC/C=C/c1ccc(O[C@@H](CO)[C@H](O)c2ccc(O)c(OC)c2)c(OC)c1. The molecule has 0 aliphatic rings. The van der Waals surface area contributed by atoms with Gasteiger partial charge in [-0.1, -0.05) is 24.3 Å². The zero-order valence-corrected chi connectivity index (χ0v) is 16.2. The van der Waals surface area contributed by atoms with Gasteiger partial charge in [-0.15, -0.1) is 0 Å². The minimum atomic E-state index is -1.15. The van der Waals surface area contributed by atoms with Crippen molar-refractivity contribution >= 4 is 6.08 Å². The Balaban J connectivity index is 2.21. The number of methoxy groups -OCH3 is 3. The summed E-state index contributed by atoms with van der Waals surface area (Å²) in [7, 11) is 4.55. The summed E-state index contributed by atoms with van der Waals surface area (Å²) in [6, 6.07) is 9.76. The van der Waals surface area contributed by atoms with E-state index >= 15 is 0 Å². The van der Waals surface area contributed by atoms with Crippen LogP contribution in [-0.4, -0.2) is 56.0 Å².